The third-order valence-corrected chi connectivity index (χ3v) is 3.07. The summed E-state index contributed by atoms with van der Waals surface area (Å²) in [5.74, 6) is 1.87. The van der Waals surface area contributed by atoms with Crippen LogP contribution in [-0.4, -0.2) is 32.7 Å². The first-order valence-corrected chi connectivity index (χ1v) is 7.09. The normalized spacial score (nSPS) is 12.6. The summed E-state index contributed by atoms with van der Waals surface area (Å²) < 4.78 is 5.31. The summed E-state index contributed by atoms with van der Waals surface area (Å²) in [6, 6.07) is 2.16. The first-order chi connectivity index (χ1) is 9.72. The molecule has 0 aliphatic rings. The van der Waals surface area contributed by atoms with Crippen molar-refractivity contribution in [2.24, 2.45) is 0 Å². The smallest absolute Gasteiger partial charge is 0.228 e. The number of nitrogens with zero attached hydrogens (tertiary/aromatic N) is 4. The van der Waals surface area contributed by atoms with E-state index in [0.29, 0.717) is 29.3 Å². The van der Waals surface area contributed by atoms with Crippen molar-refractivity contribution in [1.82, 2.24) is 25.4 Å². The van der Waals surface area contributed by atoms with Gasteiger partial charge < -0.3 is 9.84 Å². The lowest BCUT2D eigenvalue weighted by molar-refractivity contribution is 0.354. The third-order valence-electron chi connectivity index (χ3n) is 3.07. The van der Waals surface area contributed by atoms with Crippen LogP contribution in [0.1, 0.15) is 38.4 Å². The molecule has 1 unspecified atom stereocenters. The maximum atomic E-state index is 5.31. The van der Waals surface area contributed by atoms with Crippen LogP contribution in [0.4, 0.5) is 0 Å². The van der Waals surface area contributed by atoms with Crippen molar-refractivity contribution in [3.8, 4) is 11.5 Å². The number of aromatic nitrogens is 4. The summed E-state index contributed by atoms with van der Waals surface area (Å²) in [7, 11) is 0. The predicted molar refractivity (Wildman–Crippen MR) is 76.1 cm³/mol. The quantitative estimate of drug-likeness (QED) is 0.834. The Bertz CT molecular complexity index is 540. The fraction of sp³-hybridized carbons (Fsp3) is 0.571. The fourth-order valence-corrected chi connectivity index (χ4v) is 1.94. The molecule has 2 rings (SSSR count). The molecule has 6 heteroatoms. The van der Waals surface area contributed by atoms with Gasteiger partial charge in [-0.3, -0.25) is 0 Å². The van der Waals surface area contributed by atoms with E-state index in [0.717, 1.165) is 25.8 Å². The summed E-state index contributed by atoms with van der Waals surface area (Å²) in [5, 5.41) is 7.46. The monoisotopic (exact) mass is 275 g/mol. The van der Waals surface area contributed by atoms with Gasteiger partial charge in [0, 0.05) is 18.7 Å². The highest BCUT2D eigenvalue weighted by molar-refractivity contribution is 5.46. The van der Waals surface area contributed by atoms with E-state index in [1.54, 1.807) is 12.3 Å². The van der Waals surface area contributed by atoms with Gasteiger partial charge in [-0.05, 0) is 32.4 Å². The van der Waals surface area contributed by atoms with Crippen molar-refractivity contribution in [3.63, 3.8) is 0 Å². The minimum Gasteiger partial charge on any atom is -0.339 e. The molecule has 0 bridgehead atoms. The zero-order valence-electron chi connectivity index (χ0n) is 12.3. The number of aryl methyl sites for hydroxylation is 1. The van der Waals surface area contributed by atoms with E-state index in [1.807, 2.05) is 6.92 Å². The van der Waals surface area contributed by atoms with Gasteiger partial charge in [0.05, 0.1) is 0 Å². The Morgan fingerprint density at radius 3 is 2.85 bits per heavy atom. The van der Waals surface area contributed by atoms with Crippen molar-refractivity contribution < 1.29 is 4.52 Å². The van der Waals surface area contributed by atoms with Crippen LogP contribution in [0.2, 0.25) is 0 Å². The fourth-order valence-electron chi connectivity index (χ4n) is 1.94. The highest BCUT2D eigenvalue weighted by atomic mass is 16.5. The topological polar surface area (TPSA) is 76.7 Å². The molecule has 2 aromatic heterocycles. The lowest BCUT2D eigenvalue weighted by Crippen LogP contribution is -2.31. The van der Waals surface area contributed by atoms with Gasteiger partial charge in [-0.1, -0.05) is 19.0 Å². The molecule has 0 saturated carbocycles. The molecular weight excluding hydrogens is 254 g/mol. The Labute approximate surface area is 119 Å². The van der Waals surface area contributed by atoms with Crippen molar-refractivity contribution in [2.45, 2.75) is 46.1 Å². The molecule has 0 radical (unpaired) electrons. The van der Waals surface area contributed by atoms with Crippen LogP contribution < -0.4 is 5.32 Å². The molecule has 0 saturated heterocycles. The molecular formula is C14H21N5O. The molecule has 2 heterocycles. The standard InChI is InChI=1S/C14H21N5O/c1-4-7-16-11(5-2)9-13-18-14(19-20-13)12-6-8-15-10(3)17-12/h6,8,11,16H,4-5,7,9H2,1-3H3. The van der Waals surface area contributed by atoms with Gasteiger partial charge in [0.15, 0.2) is 0 Å². The highest BCUT2D eigenvalue weighted by Crippen LogP contribution is 2.13. The molecule has 108 valence electrons. The van der Waals surface area contributed by atoms with E-state index in [-0.39, 0.29) is 0 Å². The molecule has 0 fully saturated rings. The molecule has 1 atom stereocenters. The van der Waals surface area contributed by atoms with Gasteiger partial charge in [-0.2, -0.15) is 4.98 Å². The number of hydrogen-bond donors (Lipinski definition) is 1. The van der Waals surface area contributed by atoms with E-state index in [2.05, 4.69) is 39.3 Å². The van der Waals surface area contributed by atoms with Crippen molar-refractivity contribution in [1.29, 1.82) is 0 Å². The first-order valence-electron chi connectivity index (χ1n) is 7.09. The molecule has 20 heavy (non-hydrogen) atoms. The van der Waals surface area contributed by atoms with Crippen molar-refractivity contribution >= 4 is 0 Å². The first kappa shape index (κ1) is 14.6. The SMILES string of the molecule is CCCNC(CC)Cc1nc(-c2ccnc(C)n2)no1. The molecule has 2 aromatic rings. The molecule has 0 aromatic carbocycles. The van der Waals surface area contributed by atoms with Crippen LogP contribution in [0.3, 0.4) is 0 Å². The summed E-state index contributed by atoms with van der Waals surface area (Å²) in [4.78, 5) is 12.8. The second kappa shape index (κ2) is 7.09. The van der Waals surface area contributed by atoms with E-state index >= 15 is 0 Å². The minimum atomic E-state index is 0.371. The second-order valence-electron chi connectivity index (χ2n) is 4.76. The summed E-state index contributed by atoms with van der Waals surface area (Å²) in [6.07, 6.45) is 4.59. The maximum Gasteiger partial charge on any atom is 0.228 e. The highest BCUT2D eigenvalue weighted by Gasteiger charge is 2.14. The van der Waals surface area contributed by atoms with Crippen LogP contribution in [0.15, 0.2) is 16.8 Å². The van der Waals surface area contributed by atoms with E-state index in [9.17, 15) is 0 Å². The average Bonchev–Trinajstić information content (AvgIpc) is 2.92. The largest absolute Gasteiger partial charge is 0.339 e. The van der Waals surface area contributed by atoms with Crippen LogP contribution >= 0.6 is 0 Å². The molecule has 0 aliphatic heterocycles. The number of nitrogens with one attached hydrogen (secondary N) is 1. The van der Waals surface area contributed by atoms with Crippen molar-refractivity contribution in [3.05, 3.63) is 24.0 Å². The lowest BCUT2D eigenvalue weighted by atomic mass is 10.1. The average molecular weight is 275 g/mol. The summed E-state index contributed by atoms with van der Waals surface area (Å²) in [6.45, 7) is 7.15. The lowest BCUT2D eigenvalue weighted by Gasteiger charge is -2.13. The van der Waals surface area contributed by atoms with Crippen molar-refractivity contribution in [2.75, 3.05) is 6.54 Å². The van der Waals surface area contributed by atoms with E-state index in [1.165, 1.54) is 0 Å². The van der Waals surface area contributed by atoms with Crippen LogP contribution in [0.25, 0.3) is 11.5 Å². The zero-order valence-corrected chi connectivity index (χ0v) is 12.3. The summed E-state index contributed by atoms with van der Waals surface area (Å²) in [5.41, 5.74) is 0.696. The number of rotatable bonds is 7. The molecule has 0 spiro atoms. The van der Waals surface area contributed by atoms with Crippen LogP contribution in [0.5, 0.6) is 0 Å². The molecule has 6 nitrogen and oxygen atoms in total. The summed E-state index contributed by atoms with van der Waals surface area (Å²) >= 11 is 0. The van der Waals surface area contributed by atoms with E-state index < -0.39 is 0 Å². The van der Waals surface area contributed by atoms with Gasteiger partial charge >= 0.3 is 0 Å². The zero-order chi connectivity index (χ0) is 14.4. The Morgan fingerprint density at radius 2 is 2.15 bits per heavy atom. The van der Waals surface area contributed by atoms with E-state index in [4.69, 9.17) is 4.52 Å². The van der Waals surface area contributed by atoms with Crippen LogP contribution in [0, 0.1) is 6.92 Å². The Morgan fingerprint density at radius 1 is 1.30 bits per heavy atom. The van der Waals surface area contributed by atoms with Gasteiger partial charge in [0.25, 0.3) is 0 Å². The minimum absolute atomic E-state index is 0.371. The number of hydrogen-bond acceptors (Lipinski definition) is 6. The van der Waals surface area contributed by atoms with Gasteiger partial charge in [-0.25, -0.2) is 9.97 Å². The third kappa shape index (κ3) is 3.84. The van der Waals surface area contributed by atoms with Gasteiger partial charge in [-0.15, -0.1) is 0 Å². The molecule has 0 aliphatic carbocycles. The predicted octanol–water partition coefficient (Wildman–Crippen LogP) is 2.16. The molecule has 1 N–H and O–H groups in total. The van der Waals surface area contributed by atoms with Crippen LogP contribution in [-0.2, 0) is 6.42 Å². The maximum absolute atomic E-state index is 5.31. The van der Waals surface area contributed by atoms with Gasteiger partial charge in [0.1, 0.15) is 11.5 Å². The van der Waals surface area contributed by atoms with Gasteiger partial charge in [0.2, 0.25) is 11.7 Å². The second-order valence-corrected chi connectivity index (χ2v) is 4.76. The Kier molecular flexibility index (Phi) is 5.17. The Hall–Kier alpha value is -1.82. The Balaban J connectivity index is 2.05. The molecule has 0 amide bonds.